The number of halogens is 1. The Balaban J connectivity index is 4.55. The molecule has 0 N–H and O–H groups in total. The van der Waals surface area contributed by atoms with Gasteiger partial charge in [0.25, 0.3) is 0 Å². The van der Waals surface area contributed by atoms with E-state index in [0.717, 1.165) is 12.8 Å². The number of ether oxygens (including phenoxy) is 1. The van der Waals surface area contributed by atoms with Crippen molar-refractivity contribution in [3.05, 3.63) is 0 Å². The van der Waals surface area contributed by atoms with Crippen LogP contribution in [0.4, 0.5) is 0 Å². The molecule has 0 aliphatic carbocycles. The first kappa shape index (κ1) is 15.4. The van der Waals surface area contributed by atoms with Gasteiger partial charge in [-0.1, -0.05) is 36.7 Å². The largest absolute Gasteiger partial charge is 0.465 e. The number of hydrogen-bond donors (Lipinski definition) is 0. The molecular weight excluding hydrogens is 270 g/mol. The summed E-state index contributed by atoms with van der Waals surface area (Å²) in [7, 11) is 0. The van der Waals surface area contributed by atoms with Crippen LogP contribution in [0, 0.1) is 22.7 Å². The summed E-state index contributed by atoms with van der Waals surface area (Å²) in [5.41, 5.74) is -0.344. The Kier molecular flexibility index (Phi) is 6.66. The molecule has 0 amide bonds. The minimum absolute atomic E-state index is 0.321. The topological polar surface area (TPSA) is 50.1 Å². The van der Waals surface area contributed by atoms with Gasteiger partial charge in [0.1, 0.15) is 5.92 Å². The van der Waals surface area contributed by atoms with Gasteiger partial charge in [0.2, 0.25) is 0 Å². The van der Waals surface area contributed by atoms with E-state index < -0.39 is 11.9 Å². The van der Waals surface area contributed by atoms with Crippen molar-refractivity contribution in [3.63, 3.8) is 0 Å². The summed E-state index contributed by atoms with van der Waals surface area (Å²) in [4.78, 5) is 12.0. The van der Waals surface area contributed by atoms with Crippen LogP contribution in [0.1, 0.15) is 40.5 Å². The van der Waals surface area contributed by atoms with E-state index in [9.17, 15) is 4.79 Å². The van der Waals surface area contributed by atoms with Gasteiger partial charge in [-0.05, 0) is 25.2 Å². The second-order valence-corrected chi connectivity index (χ2v) is 6.19. The fourth-order valence-electron chi connectivity index (χ4n) is 1.49. The van der Waals surface area contributed by atoms with Crippen molar-refractivity contribution in [2.75, 3.05) is 6.61 Å². The molecule has 0 rings (SSSR count). The molecule has 0 aliphatic heterocycles. The predicted octanol–water partition coefficient (Wildman–Crippen LogP) is 3.28. The molecule has 16 heavy (non-hydrogen) atoms. The molecule has 0 aromatic rings. The Morgan fingerprint density at radius 1 is 1.56 bits per heavy atom. The molecule has 0 saturated carbocycles. The normalized spacial score (nSPS) is 15.0. The molecule has 0 aromatic carbocycles. The minimum atomic E-state index is -0.682. The Morgan fingerprint density at radius 2 is 2.12 bits per heavy atom. The second kappa shape index (κ2) is 6.90. The molecule has 0 saturated heterocycles. The van der Waals surface area contributed by atoms with E-state index >= 15 is 0 Å². The number of alkyl halides is 1. The fourth-order valence-corrected chi connectivity index (χ4v) is 1.72. The summed E-state index contributed by atoms with van der Waals surface area (Å²) in [5.74, 6) is -1.09. The molecule has 0 aliphatic rings. The van der Waals surface area contributed by atoms with Crippen LogP contribution in [0.3, 0.4) is 0 Å². The van der Waals surface area contributed by atoms with Crippen LogP contribution in [0.15, 0.2) is 0 Å². The van der Waals surface area contributed by atoms with Gasteiger partial charge in [-0.25, -0.2) is 0 Å². The maximum absolute atomic E-state index is 11.6. The van der Waals surface area contributed by atoms with Crippen molar-refractivity contribution in [2.45, 2.75) is 45.4 Å². The summed E-state index contributed by atoms with van der Waals surface area (Å²) in [6.07, 6.45) is 1.75. The van der Waals surface area contributed by atoms with Crippen LogP contribution in [-0.2, 0) is 9.53 Å². The van der Waals surface area contributed by atoms with Crippen LogP contribution in [0.25, 0.3) is 0 Å². The average molecular weight is 290 g/mol. The monoisotopic (exact) mass is 289 g/mol. The Bertz CT molecular complexity index is 269. The minimum Gasteiger partial charge on any atom is -0.465 e. The third-order valence-electron chi connectivity index (χ3n) is 2.62. The van der Waals surface area contributed by atoms with Crippen molar-refractivity contribution in [1.82, 2.24) is 0 Å². The van der Waals surface area contributed by atoms with Gasteiger partial charge in [-0.2, -0.15) is 5.26 Å². The third-order valence-corrected chi connectivity index (χ3v) is 3.08. The fraction of sp³-hybridized carbons (Fsp3) is 0.833. The lowest BCUT2D eigenvalue weighted by Gasteiger charge is -2.28. The van der Waals surface area contributed by atoms with Crippen molar-refractivity contribution in [1.29, 1.82) is 5.26 Å². The number of carbonyl (C=O) groups is 1. The third kappa shape index (κ3) is 4.98. The van der Waals surface area contributed by atoms with E-state index in [0.29, 0.717) is 11.4 Å². The molecule has 0 spiro atoms. The van der Waals surface area contributed by atoms with Crippen molar-refractivity contribution < 1.29 is 9.53 Å². The number of rotatable bonds is 6. The highest BCUT2D eigenvalue weighted by Gasteiger charge is 2.36. The number of hydrogen-bond acceptors (Lipinski definition) is 3. The Hall–Kier alpha value is -0.560. The highest BCUT2D eigenvalue weighted by molar-refractivity contribution is 9.09. The van der Waals surface area contributed by atoms with Gasteiger partial charge in [0.15, 0.2) is 0 Å². The number of nitrogens with zero attached hydrogens (tertiary/aromatic N) is 1. The van der Waals surface area contributed by atoms with Gasteiger partial charge in [0, 0.05) is 4.83 Å². The zero-order valence-electron chi connectivity index (χ0n) is 10.4. The average Bonchev–Trinajstić information content (AvgIpc) is 2.16. The Morgan fingerprint density at radius 3 is 2.50 bits per heavy atom. The molecule has 0 bridgehead atoms. The maximum atomic E-state index is 11.6. The SMILES string of the molecule is CCOC(=O)C(C#N)C(C)(C)CCC(C)Br. The molecule has 2 unspecified atom stereocenters. The van der Waals surface area contributed by atoms with Crippen LogP contribution < -0.4 is 0 Å². The van der Waals surface area contributed by atoms with Crippen molar-refractivity contribution in [3.8, 4) is 6.07 Å². The van der Waals surface area contributed by atoms with Gasteiger partial charge < -0.3 is 4.74 Å². The molecule has 92 valence electrons. The molecule has 4 heteroatoms. The summed E-state index contributed by atoms with van der Waals surface area (Å²) in [5, 5.41) is 9.06. The standard InChI is InChI=1S/C12H20BrNO2/c1-5-16-11(15)10(8-14)12(3,4)7-6-9(2)13/h9-10H,5-7H2,1-4H3. The quantitative estimate of drug-likeness (QED) is 0.557. The number of nitriles is 1. The first-order valence-corrected chi connectivity index (χ1v) is 6.47. The van der Waals surface area contributed by atoms with Crippen LogP contribution in [-0.4, -0.2) is 17.4 Å². The van der Waals surface area contributed by atoms with E-state index in [2.05, 4.69) is 28.9 Å². The van der Waals surface area contributed by atoms with Gasteiger partial charge in [-0.3, -0.25) is 4.79 Å². The molecule has 2 atom stereocenters. The molecule has 0 heterocycles. The lowest BCUT2D eigenvalue weighted by molar-refractivity contribution is -0.149. The van der Waals surface area contributed by atoms with E-state index in [-0.39, 0.29) is 5.41 Å². The van der Waals surface area contributed by atoms with Crippen molar-refractivity contribution >= 4 is 21.9 Å². The van der Waals surface area contributed by atoms with Gasteiger partial charge in [-0.15, -0.1) is 0 Å². The lowest BCUT2D eigenvalue weighted by atomic mass is 9.76. The zero-order chi connectivity index (χ0) is 12.8. The maximum Gasteiger partial charge on any atom is 0.323 e. The van der Waals surface area contributed by atoms with Crippen LogP contribution in [0.2, 0.25) is 0 Å². The Labute approximate surface area is 106 Å². The summed E-state index contributed by atoms with van der Waals surface area (Å²) < 4.78 is 4.91. The molecular formula is C12H20BrNO2. The molecule has 0 aromatic heterocycles. The summed E-state index contributed by atoms with van der Waals surface area (Å²) in [6.45, 7) is 8.00. The zero-order valence-corrected chi connectivity index (χ0v) is 12.0. The number of carbonyl (C=O) groups excluding carboxylic acids is 1. The first-order chi connectivity index (χ1) is 7.35. The van der Waals surface area contributed by atoms with E-state index in [1.165, 1.54) is 0 Å². The van der Waals surface area contributed by atoms with Crippen molar-refractivity contribution in [2.24, 2.45) is 11.3 Å². The van der Waals surface area contributed by atoms with Crippen LogP contribution in [0.5, 0.6) is 0 Å². The van der Waals surface area contributed by atoms with Gasteiger partial charge >= 0.3 is 5.97 Å². The second-order valence-electron chi connectivity index (χ2n) is 4.62. The molecule has 0 radical (unpaired) electrons. The lowest BCUT2D eigenvalue weighted by Crippen LogP contribution is -2.32. The van der Waals surface area contributed by atoms with E-state index in [1.54, 1.807) is 6.92 Å². The highest BCUT2D eigenvalue weighted by Crippen LogP contribution is 2.34. The summed E-state index contributed by atoms with van der Waals surface area (Å²) in [6, 6.07) is 2.06. The smallest absolute Gasteiger partial charge is 0.323 e. The predicted molar refractivity (Wildman–Crippen MR) is 67.1 cm³/mol. The molecule has 0 fully saturated rings. The summed E-state index contributed by atoms with van der Waals surface area (Å²) >= 11 is 3.47. The first-order valence-electron chi connectivity index (χ1n) is 5.55. The van der Waals surface area contributed by atoms with Crippen LogP contribution >= 0.6 is 15.9 Å². The molecule has 3 nitrogen and oxygen atoms in total. The van der Waals surface area contributed by atoms with E-state index in [4.69, 9.17) is 10.00 Å². The highest BCUT2D eigenvalue weighted by atomic mass is 79.9. The number of esters is 1. The van der Waals surface area contributed by atoms with Gasteiger partial charge in [0.05, 0.1) is 12.7 Å². The van der Waals surface area contributed by atoms with E-state index in [1.807, 2.05) is 13.8 Å².